The number of nitrogens with one attached hydrogen (secondary N) is 1. The monoisotopic (exact) mass is 340 g/mol. The molecule has 1 fully saturated rings. The second-order valence-electron chi connectivity index (χ2n) is 5.74. The van der Waals surface area contributed by atoms with Gasteiger partial charge in [-0.1, -0.05) is 17.7 Å². The first-order chi connectivity index (χ1) is 11.1. The van der Waals surface area contributed by atoms with Crippen LogP contribution in [0.15, 0.2) is 18.2 Å². The number of likely N-dealkylation sites (tertiary alicyclic amines) is 1. The summed E-state index contributed by atoms with van der Waals surface area (Å²) >= 11 is 6.19. The molecule has 0 aromatic heterocycles. The van der Waals surface area contributed by atoms with Crippen LogP contribution in [0.1, 0.15) is 26.2 Å². The van der Waals surface area contributed by atoms with Gasteiger partial charge in [0.1, 0.15) is 6.61 Å². The topological polar surface area (TPSA) is 50.8 Å². The second-order valence-corrected chi connectivity index (χ2v) is 6.15. The van der Waals surface area contributed by atoms with Gasteiger partial charge in [-0.2, -0.15) is 0 Å². The average Bonchev–Trinajstić information content (AvgIpc) is 2.55. The van der Waals surface area contributed by atoms with Crippen molar-refractivity contribution in [1.29, 1.82) is 0 Å². The van der Waals surface area contributed by atoms with Gasteiger partial charge in [0.05, 0.1) is 23.9 Å². The van der Waals surface area contributed by atoms with Crippen LogP contribution < -0.4 is 10.1 Å². The summed E-state index contributed by atoms with van der Waals surface area (Å²) in [5.74, 6) is 0.672. The number of rotatable bonds is 7. The van der Waals surface area contributed by atoms with Crippen LogP contribution in [0.3, 0.4) is 0 Å². The molecule has 1 aliphatic rings. The number of hydrogen-bond donors (Lipinski definition) is 1. The quantitative estimate of drug-likeness (QED) is 0.774. The number of anilines is 1. The van der Waals surface area contributed by atoms with E-state index in [1.54, 1.807) is 13.2 Å². The lowest BCUT2D eigenvalue weighted by molar-refractivity contribution is -0.132. The Bertz CT molecular complexity index is 525. The maximum atomic E-state index is 12.4. The van der Waals surface area contributed by atoms with Crippen molar-refractivity contribution < 1.29 is 14.3 Å². The summed E-state index contributed by atoms with van der Waals surface area (Å²) < 4.78 is 10.6. The summed E-state index contributed by atoms with van der Waals surface area (Å²) in [5, 5.41) is 3.68. The number of para-hydroxylation sites is 1. The number of carbonyl (C=O) groups excluding carboxylic acids is 1. The Balaban J connectivity index is 1.96. The molecule has 1 heterocycles. The molecule has 0 aliphatic carbocycles. The number of methoxy groups -OCH3 is 1. The van der Waals surface area contributed by atoms with Crippen LogP contribution in [-0.4, -0.2) is 50.3 Å². The molecule has 1 unspecified atom stereocenters. The summed E-state index contributed by atoms with van der Waals surface area (Å²) in [6.45, 7) is 4.08. The van der Waals surface area contributed by atoms with E-state index < -0.39 is 0 Å². The number of nitrogens with zero attached hydrogens (tertiary/aromatic N) is 1. The Hall–Kier alpha value is -1.46. The average molecular weight is 341 g/mol. The van der Waals surface area contributed by atoms with E-state index in [0.29, 0.717) is 30.0 Å². The highest BCUT2D eigenvalue weighted by Crippen LogP contribution is 2.32. The van der Waals surface area contributed by atoms with Gasteiger partial charge in [-0.15, -0.1) is 0 Å². The zero-order valence-electron chi connectivity index (χ0n) is 13.8. The molecule has 0 saturated carbocycles. The van der Waals surface area contributed by atoms with Gasteiger partial charge in [-0.05, 0) is 38.3 Å². The van der Waals surface area contributed by atoms with Gasteiger partial charge in [-0.3, -0.25) is 4.79 Å². The summed E-state index contributed by atoms with van der Waals surface area (Å²) in [6, 6.07) is 5.78. The zero-order chi connectivity index (χ0) is 16.7. The highest BCUT2D eigenvalue weighted by Gasteiger charge is 2.23. The van der Waals surface area contributed by atoms with E-state index in [1.165, 1.54) is 6.42 Å². The van der Waals surface area contributed by atoms with Crippen molar-refractivity contribution in [3.63, 3.8) is 0 Å². The molecule has 1 amide bonds. The standard InChI is InChI=1S/C17H25ClN2O3/c1-13-6-3-4-9-20(13)16(21)12-19-15-8-5-7-14(18)17(15)23-11-10-22-2/h5,7-8,13,19H,3-4,6,9-12H2,1-2H3. The summed E-state index contributed by atoms with van der Waals surface area (Å²) in [5.41, 5.74) is 0.728. The van der Waals surface area contributed by atoms with E-state index in [4.69, 9.17) is 21.1 Å². The number of ether oxygens (including phenoxy) is 2. The SMILES string of the molecule is COCCOc1c(Cl)cccc1NCC(=O)N1CCCCC1C. The zero-order valence-corrected chi connectivity index (χ0v) is 14.6. The lowest BCUT2D eigenvalue weighted by Crippen LogP contribution is -2.44. The lowest BCUT2D eigenvalue weighted by Gasteiger charge is -2.33. The molecular formula is C17H25ClN2O3. The molecule has 1 aromatic carbocycles. The van der Waals surface area contributed by atoms with E-state index >= 15 is 0 Å². The van der Waals surface area contributed by atoms with E-state index in [2.05, 4.69) is 12.2 Å². The van der Waals surface area contributed by atoms with Crippen LogP contribution in [0.4, 0.5) is 5.69 Å². The number of carbonyl (C=O) groups is 1. The Labute approximate surface area is 142 Å². The smallest absolute Gasteiger partial charge is 0.242 e. The highest BCUT2D eigenvalue weighted by atomic mass is 35.5. The fraction of sp³-hybridized carbons (Fsp3) is 0.588. The van der Waals surface area contributed by atoms with Gasteiger partial charge >= 0.3 is 0 Å². The molecule has 1 aliphatic heterocycles. The molecule has 1 aromatic rings. The van der Waals surface area contributed by atoms with E-state index in [0.717, 1.165) is 25.1 Å². The first-order valence-electron chi connectivity index (χ1n) is 8.07. The van der Waals surface area contributed by atoms with Crippen LogP contribution in [0.25, 0.3) is 0 Å². The highest BCUT2D eigenvalue weighted by molar-refractivity contribution is 6.32. The van der Waals surface area contributed by atoms with Crippen molar-refractivity contribution in [3.05, 3.63) is 23.2 Å². The van der Waals surface area contributed by atoms with Gasteiger partial charge in [0, 0.05) is 19.7 Å². The van der Waals surface area contributed by atoms with Crippen LogP contribution in [0.2, 0.25) is 5.02 Å². The molecule has 128 valence electrons. The Morgan fingerprint density at radius 1 is 1.39 bits per heavy atom. The third kappa shape index (κ3) is 5.01. The van der Waals surface area contributed by atoms with Gasteiger partial charge in [0.15, 0.2) is 5.75 Å². The first kappa shape index (κ1) is 17.9. The Kier molecular flexibility index (Phi) is 6.99. The third-order valence-electron chi connectivity index (χ3n) is 4.05. The Morgan fingerprint density at radius 2 is 2.22 bits per heavy atom. The number of halogens is 1. The summed E-state index contributed by atoms with van der Waals surface area (Å²) in [6.07, 6.45) is 3.36. The van der Waals surface area contributed by atoms with Crippen molar-refractivity contribution in [2.75, 3.05) is 38.7 Å². The molecule has 1 N–H and O–H groups in total. The largest absolute Gasteiger partial charge is 0.487 e. The molecule has 1 saturated heterocycles. The maximum absolute atomic E-state index is 12.4. The molecule has 5 nitrogen and oxygen atoms in total. The van der Waals surface area contributed by atoms with E-state index in [1.807, 2.05) is 17.0 Å². The molecule has 0 bridgehead atoms. The van der Waals surface area contributed by atoms with Crippen molar-refractivity contribution in [1.82, 2.24) is 4.90 Å². The van der Waals surface area contributed by atoms with Crippen LogP contribution in [0, 0.1) is 0 Å². The maximum Gasteiger partial charge on any atom is 0.242 e. The third-order valence-corrected chi connectivity index (χ3v) is 4.35. The molecule has 23 heavy (non-hydrogen) atoms. The van der Waals surface area contributed by atoms with Crippen molar-refractivity contribution in [2.24, 2.45) is 0 Å². The summed E-state index contributed by atoms with van der Waals surface area (Å²) in [4.78, 5) is 14.4. The normalized spacial score (nSPS) is 17.9. The van der Waals surface area contributed by atoms with Crippen molar-refractivity contribution >= 4 is 23.2 Å². The fourth-order valence-electron chi connectivity index (χ4n) is 2.76. The molecule has 0 radical (unpaired) electrons. The molecule has 1 atom stereocenters. The Morgan fingerprint density at radius 3 is 2.96 bits per heavy atom. The first-order valence-corrected chi connectivity index (χ1v) is 8.45. The van der Waals surface area contributed by atoms with Gasteiger partial charge < -0.3 is 19.7 Å². The van der Waals surface area contributed by atoms with Gasteiger partial charge in [0.2, 0.25) is 5.91 Å². The number of benzene rings is 1. The number of hydrogen-bond acceptors (Lipinski definition) is 4. The van der Waals surface area contributed by atoms with Gasteiger partial charge in [-0.25, -0.2) is 0 Å². The predicted molar refractivity (Wildman–Crippen MR) is 92.3 cm³/mol. The minimum atomic E-state index is 0.111. The molecule has 0 spiro atoms. The van der Waals surface area contributed by atoms with Crippen molar-refractivity contribution in [2.45, 2.75) is 32.2 Å². The van der Waals surface area contributed by atoms with Crippen molar-refractivity contribution in [3.8, 4) is 5.75 Å². The number of piperidine rings is 1. The molecule has 2 rings (SSSR count). The van der Waals surface area contributed by atoms with E-state index in [9.17, 15) is 4.79 Å². The number of amides is 1. The second kappa shape index (κ2) is 8.99. The van der Waals surface area contributed by atoms with Gasteiger partial charge in [0.25, 0.3) is 0 Å². The van der Waals surface area contributed by atoms with Crippen LogP contribution >= 0.6 is 11.6 Å². The minimum absolute atomic E-state index is 0.111. The van der Waals surface area contributed by atoms with E-state index in [-0.39, 0.29) is 12.5 Å². The molecule has 6 heteroatoms. The predicted octanol–water partition coefficient (Wildman–Crippen LogP) is 3.18. The minimum Gasteiger partial charge on any atom is -0.487 e. The summed E-state index contributed by atoms with van der Waals surface area (Å²) in [7, 11) is 1.62. The van der Waals surface area contributed by atoms with Crippen LogP contribution in [-0.2, 0) is 9.53 Å². The fourth-order valence-corrected chi connectivity index (χ4v) is 2.99. The van der Waals surface area contributed by atoms with Crippen LogP contribution in [0.5, 0.6) is 5.75 Å². The lowest BCUT2D eigenvalue weighted by atomic mass is 10.0. The molecular weight excluding hydrogens is 316 g/mol.